The fourth-order valence-corrected chi connectivity index (χ4v) is 0.844. The third kappa shape index (κ3) is 8.15. The molecule has 0 radical (unpaired) electrons. The van der Waals surface area contributed by atoms with Crippen LogP contribution in [0.1, 0.15) is 26.7 Å². The van der Waals surface area contributed by atoms with E-state index in [1.807, 2.05) is 13.8 Å². The lowest BCUT2D eigenvalue weighted by atomic mass is 10.2. The zero-order valence-electron chi connectivity index (χ0n) is 9.44. The number of hydrogen-bond donors (Lipinski definition) is 1. The molecule has 0 rings (SSSR count). The van der Waals surface area contributed by atoms with Gasteiger partial charge in [0.1, 0.15) is 6.61 Å². The zero-order valence-corrected chi connectivity index (χ0v) is 9.44. The van der Waals surface area contributed by atoms with E-state index >= 15 is 0 Å². The van der Waals surface area contributed by atoms with Gasteiger partial charge in [-0.3, -0.25) is 0 Å². The number of esters is 1. The Morgan fingerprint density at radius 2 is 2.27 bits per heavy atom. The molecule has 4 nitrogen and oxygen atoms in total. The predicted molar refractivity (Wildman–Crippen MR) is 57.5 cm³/mol. The molecule has 0 saturated heterocycles. The minimum Gasteiger partial charge on any atom is -0.460 e. The van der Waals surface area contributed by atoms with Gasteiger partial charge >= 0.3 is 5.97 Å². The van der Waals surface area contributed by atoms with Gasteiger partial charge in [-0.05, 0) is 13.3 Å². The summed E-state index contributed by atoms with van der Waals surface area (Å²) in [6.45, 7) is 7.73. The fourth-order valence-electron chi connectivity index (χ4n) is 0.844. The molecule has 0 saturated carbocycles. The smallest absolute Gasteiger partial charge is 0.330 e. The van der Waals surface area contributed by atoms with Crippen LogP contribution in [0.4, 0.5) is 0 Å². The second-order valence-corrected chi connectivity index (χ2v) is 3.37. The summed E-state index contributed by atoms with van der Waals surface area (Å²) in [7, 11) is 0. The van der Waals surface area contributed by atoms with Crippen molar-refractivity contribution < 1.29 is 19.4 Å². The molecule has 0 aromatic heterocycles. The summed E-state index contributed by atoms with van der Waals surface area (Å²) in [6, 6.07) is 0. The molecule has 0 spiro atoms. The monoisotopic (exact) mass is 216 g/mol. The largest absolute Gasteiger partial charge is 0.460 e. The van der Waals surface area contributed by atoms with Crippen molar-refractivity contribution in [1.29, 1.82) is 0 Å². The molecule has 0 fully saturated rings. The van der Waals surface area contributed by atoms with Gasteiger partial charge in [0.2, 0.25) is 0 Å². The highest BCUT2D eigenvalue weighted by Gasteiger charge is 2.07. The van der Waals surface area contributed by atoms with Crippen LogP contribution < -0.4 is 0 Å². The highest BCUT2D eigenvalue weighted by Crippen LogP contribution is 2.00. The second-order valence-electron chi connectivity index (χ2n) is 3.37. The molecular weight excluding hydrogens is 196 g/mol. The lowest BCUT2D eigenvalue weighted by Crippen LogP contribution is -2.20. The van der Waals surface area contributed by atoms with Crippen molar-refractivity contribution in [3.63, 3.8) is 0 Å². The second kappa shape index (κ2) is 8.44. The topological polar surface area (TPSA) is 55.8 Å². The normalized spacial score (nSPS) is 14.3. The molecule has 0 aromatic rings. The highest BCUT2D eigenvalue weighted by atomic mass is 16.5. The molecule has 2 unspecified atom stereocenters. The Hall–Kier alpha value is -0.870. The van der Waals surface area contributed by atoms with E-state index in [-0.39, 0.29) is 12.7 Å². The van der Waals surface area contributed by atoms with Crippen LogP contribution in [0, 0.1) is 0 Å². The molecule has 2 atom stereocenters. The zero-order chi connectivity index (χ0) is 11.7. The van der Waals surface area contributed by atoms with E-state index in [1.165, 1.54) is 0 Å². The molecule has 0 heterocycles. The minimum atomic E-state index is -0.669. The number of hydrogen-bond acceptors (Lipinski definition) is 4. The predicted octanol–water partition coefficient (Wildman–Crippen LogP) is 1.28. The van der Waals surface area contributed by atoms with Crippen molar-refractivity contribution in [2.45, 2.75) is 38.9 Å². The molecule has 0 amide bonds. The van der Waals surface area contributed by atoms with Gasteiger partial charge in [0.05, 0.1) is 12.2 Å². The molecule has 0 aliphatic rings. The number of carbonyl (C=O) groups is 1. The Balaban J connectivity index is 3.44. The average Bonchev–Trinajstić information content (AvgIpc) is 2.25. The van der Waals surface area contributed by atoms with E-state index in [4.69, 9.17) is 4.74 Å². The molecule has 88 valence electrons. The van der Waals surface area contributed by atoms with Crippen LogP contribution in [0.25, 0.3) is 0 Å². The first-order valence-corrected chi connectivity index (χ1v) is 5.19. The average molecular weight is 216 g/mol. The van der Waals surface area contributed by atoms with E-state index in [0.29, 0.717) is 13.0 Å². The van der Waals surface area contributed by atoms with E-state index in [2.05, 4.69) is 11.3 Å². The summed E-state index contributed by atoms with van der Waals surface area (Å²) < 4.78 is 10.0. The Kier molecular flexibility index (Phi) is 7.95. The lowest BCUT2D eigenvalue weighted by Gasteiger charge is -2.13. The van der Waals surface area contributed by atoms with Gasteiger partial charge in [0.25, 0.3) is 0 Å². The minimum absolute atomic E-state index is 0.00524. The Morgan fingerprint density at radius 3 is 2.80 bits per heavy atom. The van der Waals surface area contributed by atoms with Crippen molar-refractivity contribution in [2.75, 3.05) is 13.2 Å². The van der Waals surface area contributed by atoms with E-state index in [9.17, 15) is 9.90 Å². The Bertz CT molecular complexity index is 191. The number of aliphatic hydroxyl groups is 1. The van der Waals surface area contributed by atoms with Gasteiger partial charge in [-0.15, -0.1) is 0 Å². The maximum absolute atomic E-state index is 10.7. The molecular formula is C11H20O4. The first-order chi connectivity index (χ1) is 7.10. The molecule has 0 bridgehead atoms. The van der Waals surface area contributed by atoms with Crippen LogP contribution in [0.15, 0.2) is 12.7 Å². The summed E-state index contributed by atoms with van der Waals surface area (Å²) in [5.74, 6) is -0.517. The molecule has 0 aliphatic heterocycles. The summed E-state index contributed by atoms with van der Waals surface area (Å²) >= 11 is 0. The first kappa shape index (κ1) is 14.1. The van der Waals surface area contributed by atoms with Gasteiger partial charge in [-0.25, -0.2) is 4.79 Å². The molecule has 1 N–H and O–H groups in total. The highest BCUT2D eigenvalue weighted by molar-refractivity contribution is 5.81. The Morgan fingerprint density at radius 1 is 1.60 bits per heavy atom. The summed E-state index contributed by atoms with van der Waals surface area (Å²) in [6.07, 6.45) is 2.02. The van der Waals surface area contributed by atoms with Crippen LogP contribution >= 0.6 is 0 Å². The van der Waals surface area contributed by atoms with Crippen molar-refractivity contribution >= 4 is 5.97 Å². The maximum Gasteiger partial charge on any atom is 0.330 e. The van der Waals surface area contributed by atoms with Crippen LogP contribution in [0.3, 0.4) is 0 Å². The quantitative estimate of drug-likeness (QED) is 0.490. The van der Waals surface area contributed by atoms with Crippen LogP contribution in [0.5, 0.6) is 0 Å². The first-order valence-electron chi connectivity index (χ1n) is 5.19. The molecule has 0 aliphatic carbocycles. The van der Waals surface area contributed by atoms with Gasteiger partial charge in [-0.1, -0.05) is 13.5 Å². The van der Waals surface area contributed by atoms with Crippen LogP contribution in [0.2, 0.25) is 0 Å². The summed E-state index contributed by atoms with van der Waals surface area (Å²) in [5, 5.41) is 9.39. The SMILES string of the molecule is C=CC(=O)OCC(O)CCOC(C)CC. The van der Waals surface area contributed by atoms with Gasteiger partial charge in [0.15, 0.2) is 0 Å². The lowest BCUT2D eigenvalue weighted by molar-refractivity contribution is -0.141. The van der Waals surface area contributed by atoms with E-state index in [0.717, 1.165) is 12.5 Å². The van der Waals surface area contributed by atoms with Gasteiger partial charge in [-0.2, -0.15) is 0 Å². The Labute approximate surface area is 90.9 Å². The number of rotatable bonds is 8. The molecule has 0 aromatic carbocycles. The van der Waals surface area contributed by atoms with E-state index in [1.54, 1.807) is 0 Å². The van der Waals surface area contributed by atoms with Crippen molar-refractivity contribution in [2.24, 2.45) is 0 Å². The maximum atomic E-state index is 10.7. The number of ether oxygens (including phenoxy) is 2. The van der Waals surface area contributed by atoms with Crippen molar-refractivity contribution in [1.82, 2.24) is 0 Å². The molecule has 4 heteroatoms. The molecule has 15 heavy (non-hydrogen) atoms. The van der Waals surface area contributed by atoms with Crippen molar-refractivity contribution in [3.05, 3.63) is 12.7 Å². The van der Waals surface area contributed by atoms with Gasteiger partial charge < -0.3 is 14.6 Å². The van der Waals surface area contributed by atoms with Crippen molar-refractivity contribution in [3.8, 4) is 0 Å². The van der Waals surface area contributed by atoms with E-state index < -0.39 is 12.1 Å². The number of carbonyl (C=O) groups excluding carboxylic acids is 1. The standard InChI is InChI=1S/C11H20O4/c1-4-9(3)14-7-6-10(12)8-15-11(13)5-2/h5,9-10,12H,2,4,6-8H2,1,3H3. The van der Waals surface area contributed by atoms with Crippen LogP contribution in [-0.2, 0) is 14.3 Å². The summed E-state index contributed by atoms with van der Waals surface area (Å²) in [4.78, 5) is 10.7. The summed E-state index contributed by atoms with van der Waals surface area (Å²) in [5.41, 5.74) is 0. The fraction of sp³-hybridized carbons (Fsp3) is 0.727. The third-order valence-electron chi connectivity index (χ3n) is 2.01. The van der Waals surface area contributed by atoms with Gasteiger partial charge in [0, 0.05) is 19.1 Å². The van der Waals surface area contributed by atoms with Crippen LogP contribution in [-0.4, -0.2) is 36.5 Å². The third-order valence-corrected chi connectivity index (χ3v) is 2.01. The number of aliphatic hydroxyl groups excluding tert-OH is 1.